The molecule has 1 fully saturated rings. The molecule has 1 aromatic carbocycles. The van der Waals surface area contributed by atoms with E-state index in [1.54, 1.807) is 14.2 Å². The number of nitrogens with zero attached hydrogens (tertiary/aromatic N) is 3. The minimum absolute atomic E-state index is 0.563. The number of hydrogen-bond acceptors (Lipinski definition) is 6. The Balaban J connectivity index is 1.89. The minimum Gasteiger partial charge on any atom is -0.497 e. The predicted molar refractivity (Wildman–Crippen MR) is 83.4 cm³/mol. The second kappa shape index (κ2) is 5.89. The molecule has 0 bridgehead atoms. The summed E-state index contributed by atoms with van der Waals surface area (Å²) in [6.45, 7) is 2.69. The van der Waals surface area contributed by atoms with Crippen molar-refractivity contribution >= 4 is 16.7 Å². The monoisotopic (exact) mass is 305 g/mol. The lowest BCUT2D eigenvalue weighted by Crippen LogP contribution is -2.25. The summed E-state index contributed by atoms with van der Waals surface area (Å²) in [6.07, 6.45) is 2.43. The number of aromatic nitrogens is 2. The summed E-state index contributed by atoms with van der Waals surface area (Å²) in [7, 11) is 3.38. The van der Waals surface area contributed by atoms with Crippen molar-refractivity contribution in [2.24, 2.45) is 0 Å². The van der Waals surface area contributed by atoms with Gasteiger partial charge in [0.2, 0.25) is 5.13 Å². The molecule has 0 atom stereocenters. The quantitative estimate of drug-likeness (QED) is 0.821. The summed E-state index contributed by atoms with van der Waals surface area (Å²) >= 11 is 1.46. The van der Waals surface area contributed by atoms with Gasteiger partial charge >= 0.3 is 0 Å². The third-order valence-corrected chi connectivity index (χ3v) is 4.42. The molecule has 1 aromatic heterocycles. The third kappa shape index (κ3) is 3.10. The lowest BCUT2D eigenvalue weighted by molar-refractivity contribution is 0.398. The van der Waals surface area contributed by atoms with Crippen LogP contribution in [0.3, 0.4) is 0 Å². The van der Waals surface area contributed by atoms with Crippen molar-refractivity contribution in [2.75, 3.05) is 19.1 Å². The number of anilines is 1. The highest BCUT2D eigenvalue weighted by Gasteiger charge is 2.31. The van der Waals surface area contributed by atoms with Crippen LogP contribution in [0.25, 0.3) is 0 Å². The maximum absolute atomic E-state index is 5.47. The second-order valence-corrected chi connectivity index (χ2v) is 5.89. The summed E-state index contributed by atoms with van der Waals surface area (Å²) in [6, 6.07) is 6.46. The van der Waals surface area contributed by atoms with E-state index in [1.807, 2.05) is 25.1 Å². The molecule has 6 heteroatoms. The van der Waals surface area contributed by atoms with Crippen LogP contribution in [0, 0.1) is 6.92 Å². The van der Waals surface area contributed by atoms with Crippen LogP contribution in [-0.4, -0.2) is 29.6 Å². The standard InChI is InChI=1S/C15H19N3O2S/c1-10-16-15(21-17-10)18(12-4-5-12)9-11-8-13(19-2)6-7-14(11)20-3/h6-8,12H,4-5,9H2,1-3H3. The molecule has 1 heterocycles. The Kier molecular flexibility index (Phi) is 3.96. The average Bonchev–Trinajstić information content (AvgIpc) is 3.26. The van der Waals surface area contributed by atoms with Crippen molar-refractivity contribution in [3.63, 3.8) is 0 Å². The number of benzene rings is 1. The molecule has 0 radical (unpaired) electrons. The van der Waals surface area contributed by atoms with E-state index in [0.29, 0.717) is 6.04 Å². The first kappa shape index (κ1) is 14.1. The summed E-state index contributed by atoms with van der Waals surface area (Å²) < 4.78 is 15.1. The highest BCUT2D eigenvalue weighted by atomic mass is 32.1. The molecule has 112 valence electrons. The van der Waals surface area contributed by atoms with E-state index in [1.165, 1.54) is 24.4 Å². The normalized spacial score (nSPS) is 14.0. The molecule has 2 aromatic rings. The Hall–Kier alpha value is -1.82. The van der Waals surface area contributed by atoms with E-state index in [4.69, 9.17) is 9.47 Å². The maximum Gasteiger partial charge on any atom is 0.205 e. The summed E-state index contributed by atoms with van der Waals surface area (Å²) in [4.78, 5) is 6.85. The van der Waals surface area contributed by atoms with E-state index in [-0.39, 0.29) is 0 Å². The number of ether oxygens (including phenoxy) is 2. The molecule has 1 saturated carbocycles. The second-order valence-electron chi connectivity index (χ2n) is 5.16. The van der Waals surface area contributed by atoms with Crippen molar-refractivity contribution in [1.82, 2.24) is 9.36 Å². The smallest absolute Gasteiger partial charge is 0.205 e. The van der Waals surface area contributed by atoms with Gasteiger partial charge in [-0.2, -0.15) is 4.37 Å². The molecule has 21 heavy (non-hydrogen) atoms. The Bertz CT molecular complexity index is 625. The lowest BCUT2D eigenvalue weighted by Gasteiger charge is -2.22. The van der Waals surface area contributed by atoms with Gasteiger partial charge in [0.15, 0.2) is 0 Å². The van der Waals surface area contributed by atoms with Crippen molar-refractivity contribution in [3.8, 4) is 11.5 Å². The van der Waals surface area contributed by atoms with E-state index in [0.717, 1.165) is 34.6 Å². The van der Waals surface area contributed by atoms with Gasteiger partial charge in [0.25, 0.3) is 0 Å². The van der Waals surface area contributed by atoms with Crippen LogP contribution in [0.4, 0.5) is 5.13 Å². The fraction of sp³-hybridized carbons (Fsp3) is 0.467. The van der Waals surface area contributed by atoms with Crippen molar-refractivity contribution in [3.05, 3.63) is 29.6 Å². The molecule has 0 spiro atoms. The van der Waals surface area contributed by atoms with Gasteiger partial charge in [-0.25, -0.2) is 4.98 Å². The summed E-state index contributed by atoms with van der Waals surface area (Å²) in [5.41, 5.74) is 1.11. The minimum atomic E-state index is 0.563. The lowest BCUT2D eigenvalue weighted by atomic mass is 10.1. The Morgan fingerprint density at radius 3 is 2.67 bits per heavy atom. The zero-order valence-electron chi connectivity index (χ0n) is 12.5. The highest BCUT2D eigenvalue weighted by molar-refractivity contribution is 7.09. The molecule has 0 amide bonds. The van der Waals surface area contributed by atoms with Crippen LogP contribution < -0.4 is 14.4 Å². The predicted octanol–water partition coefficient (Wildman–Crippen LogP) is 3.03. The van der Waals surface area contributed by atoms with Gasteiger partial charge in [-0.1, -0.05) is 0 Å². The highest BCUT2D eigenvalue weighted by Crippen LogP contribution is 2.36. The maximum atomic E-state index is 5.47. The Morgan fingerprint density at radius 1 is 1.29 bits per heavy atom. The molecule has 0 unspecified atom stereocenters. The zero-order chi connectivity index (χ0) is 14.8. The van der Waals surface area contributed by atoms with Crippen molar-refractivity contribution in [1.29, 1.82) is 0 Å². The molecule has 3 rings (SSSR count). The number of rotatable bonds is 6. The summed E-state index contributed by atoms with van der Waals surface area (Å²) in [5, 5.41) is 0.986. The van der Waals surface area contributed by atoms with Gasteiger partial charge in [-0.05, 0) is 38.0 Å². The first-order valence-corrected chi connectivity index (χ1v) is 7.76. The molecular formula is C15H19N3O2S. The van der Waals surface area contributed by atoms with Crippen molar-refractivity contribution < 1.29 is 9.47 Å². The van der Waals surface area contributed by atoms with Gasteiger partial charge in [0.1, 0.15) is 17.3 Å². The number of aryl methyl sites for hydroxylation is 1. The van der Waals surface area contributed by atoms with Gasteiger partial charge < -0.3 is 14.4 Å². The number of methoxy groups -OCH3 is 2. The topological polar surface area (TPSA) is 47.5 Å². The largest absolute Gasteiger partial charge is 0.497 e. The molecule has 0 saturated heterocycles. The third-order valence-electron chi connectivity index (χ3n) is 3.58. The average molecular weight is 305 g/mol. The van der Waals surface area contributed by atoms with E-state index in [2.05, 4.69) is 14.3 Å². The van der Waals surface area contributed by atoms with Crippen LogP contribution >= 0.6 is 11.5 Å². The van der Waals surface area contributed by atoms with Gasteiger partial charge in [-0.3, -0.25) is 0 Å². The first-order valence-electron chi connectivity index (χ1n) is 6.99. The van der Waals surface area contributed by atoms with Crippen LogP contribution in [-0.2, 0) is 6.54 Å². The molecule has 1 aliphatic rings. The van der Waals surface area contributed by atoms with Gasteiger partial charge in [0, 0.05) is 29.7 Å². The van der Waals surface area contributed by atoms with Crippen LogP contribution in [0.2, 0.25) is 0 Å². The first-order chi connectivity index (χ1) is 10.2. The SMILES string of the molecule is COc1ccc(OC)c(CN(c2nc(C)ns2)C2CC2)c1. The Morgan fingerprint density at radius 2 is 2.10 bits per heavy atom. The van der Waals surface area contributed by atoms with Crippen LogP contribution in [0.5, 0.6) is 11.5 Å². The van der Waals surface area contributed by atoms with Crippen molar-refractivity contribution in [2.45, 2.75) is 32.4 Å². The molecule has 0 aliphatic heterocycles. The van der Waals surface area contributed by atoms with E-state index in [9.17, 15) is 0 Å². The van der Waals surface area contributed by atoms with E-state index >= 15 is 0 Å². The Labute approximate surface area is 128 Å². The van der Waals surface area contributed by atoms with Gasteiger partial charge in [0.05, 0.1) is 14.2 Å². The fourth-order valence-electron chi connectivity index (χ4n) is 2.33. The molecule has 5 nitrogen and oxygen atoms in total. The fourth-order valence-corrected chi connectivity index (χ4v) is 3.08. The van der Waals surface area contributed by atoms with Crippen LogP contribution in [0.1, 0.15) is 24.2 Å². The molecule has 0 N–H and O–H groups in total. The molecular weight excluding hydrogens is 286 g/mol. The van der Waals surface area contributed by atoms with Crippen LogP contribution in [0.15, 0.2) is 18.2 Å². The summed E-state index contributed by atoms with van der Waals surface area (Å²) in [5.74, 6) is 2.55. The molecule has 1 aliphatic carbocycles. The number of hydrogen-bond donors (Lipinski definition) is 0. The van der Waals surface area contributed by atoms with Gasteiger partial charge in [-0.15, -0.1) is 0 Å². The zero-order valence-corrected chi connectivity index (χ0v) is 13.3. The van der Waals surface area contributed by atoms with E-state index < -0.39 is 0 Å².